The number of fused-ring (bicyclic) bond motifs is 1. The second kappa shape index (κ2) is 9.54. The van der Waals surface area contributed by atoms with Crippen LogP contribution in [0.5, 0.6) is 11.5 Å². The first-order valence-corrected chi connectivity index (χ1v) is 10.4. The van der Waals surface area contributed by atoms with Crippen molar-refractivity contribution in [1.82, 2.24) is 5.32 Å². The molecule has 0 aliphatic carbocycles. The van der Waals surface area contributed by atoms with Crippen LogP contribution in [0, 0.1) is 0 Å². The third-order valence-electron chi connectivity index (χ3n) is 4.98. The average molecular weight is 461 g/mol. The molecule has 0 fully saturated rings. The van der Waals surface area contributed by atoms with Gasteiger partial charge < -0.3 is 19.2 Å². The Bertz CT molecular complexity index is 1400. The van der Waals surface area contributed by atoms with Gasteiger partial charge in [0, 0.05) is 17.1 Å². The largest absolute Gasteiger partial charge is 0.497 e. The van der Waals surface area contributed by atoms with E-state index in [0.29, 0.717) is 39.5 Å². The maximum Gasteiger partial charge on any atom is 0.344 e. The van der Waals surface area contributed by atoms with Gasteiger partial charge in [0.25, 0.3) is 5.91 Å². The molecular weight excluding hydrogens is 440 g/mol. The van der Waals surface area contributed by atoms with Gasteiger partial charge in [0.15, 0.2) is 5.11 Å². The predicted molar refractivity (Wildman–Crippen MR) is 131 cm³/mol. The Labute approximate surface area is 195 Å². The van der Waals surface area contributed by atoms with Crippen LogP contribution in [0.1, 0.15) is 10.4 Å². The number of ether oxygens (including phenoxy) is 2. The van der Waals surface area contributed by atoms with E-state index in [1.54, 1.807) is 54.6 Å². The first-order chi connectivity index (χ1) is 16.0. The molecule has 3 aromatic carbocycles. The van der Waals surface area contributed by atoms with E-state index in [0.717, 1.165) is 5.39 Å². The summed E-state index contributed by atoms with van der Waals surface area (Å²) in [7, 11) is 3.01. The third-order valence-corrected chi connectivity index (χ3v) is 5.18. The summed E-state index contributed by atoms with van der Waals surface area (Å²) in [5.74, 6) is 0.523. The van der Waals surface area contributed by atoms with Gasteiger partial charge in [0.1, 0.15) is 17.1 Å². The summed E-state index contributed by atoms with van der Waals surface area (Å²) >= 11 is 5.27. The minimum absolute atomic E-state index is 0.121. The second-order valence-electron chi connectivity index (χ2n) is 7.04. The molecule has 1 aromatic heterocycles. The van der Waals surface area contributed by atoms with Gasteiger partial charge in [-0.05, 0) is 54.2 Å². The monoisotopic (exact) mass is 460 g/mol. The summed E-state index contributed by atoms with van der Waals surface area (Å²) in [4.78, 5) is 25.0. The van der Waals surface area contributed by atoms with Crippen molar-refractivity contribution in [1.29, 1.82) is 0 Å². The number of carbonyl (C=O) groups excluding carboxylic acids is 1. The Morgan fingerprint density at radius 2 is 1.70 bits per heavy atom. The molecule has 0 bridgehead atoms. The van der Waals surface area contributed by atoms with Crippen molar-refractivity contribution in [3.05, 3.63) is 88.8 Å². The highest BCUT2D eigenvalue weighted by atomic mass is 32.1. The molecule has 1 amide bonds. The Morgan fingerprint density at radius 3 is 2.42 bits per heavy atom. The molecule has 0 aliphatic heterocycles. The minimum atomic E-state index is -0.419. The number of hydrogen-bond donors (Lipinski definition) is 2. The fourth-order valence-corrected chi connectivity index (χ4v) is 3.53. The zero-order valence-electron chi connectivity index (χ0n) is 17.9. The standard InChI is InChI=1S/C25H20N2O5S/c1-30-18-11-12-19(22(14-18)31-2)23(28)27-25(33)26-17-9-7-15(8-10-17)20-13-16-5-3-4-6-21(16)32-24(20)29/h3-14H,1-2H3,(H2,26,27,28,33). The summed E-state index contributed by atoms with van der Waals surface area (Å²) in [5, 5.41) is 6.55. The lowest BCUT2D eigenvalue weighted by Gasteiger charge is -2.13. The molecule has 0 radical (unpaired) electrons. The van der Waals surface area contributed by atoms with Crippen LogP contribution in [0.4, 0.5) is 5.69 Å². The number of thiocarbonyl (C=S) groups is 1. The van der Waals surface area contributed by atoms with Gasteiger partial charge in [-0.1, -0.05) is 30.3 Å². The SMILES string of the molecule is COc1ccc(C(=O)NC(=S)Nc2ccc(-c3cc4ccccc4oc3=O)cc2)c(OC)c1. The molecule has 0 atom stereocenters. The normalized spacial score (nSPS) is 10.5. The molecule has 7 nitrogen and oxygen atoms in total. The maximum atomic E-state index is 12.6. The lowest BCUT2D eigenvalue weighted by molar-refractivity contribution is 0.0974. The topological polar surface area (TPSA) is 89.8 Å². The second-order valence-corrected chi connectivity index (χ2v) is 7.45. The molecule has 33 heavy (non-hydrogen) atoms. The summed E-state index contributed by atoms with van der Waals surface area (Å²) in [6.45, 7) is 0. The van der Waals surface area contributed by atoms with Gasteiger partial charge in [0.2, 0.25) is 0 Å². The van der Waals surface area contributed by atoms with Gasteiger partial charge in [-0.25, -0.2) is 4.79 Å². The zero-order valence-corrected chi connectivity index (χ0v) is 18.7. The summed E-state index contributed by atoms with van der Waals surface area (Å²) < 4.78 is 15.8. The van der Waals surface area contributed by atoms with E-state index in [4.69, 9.17) is 26.1 Å². The van der Waals surface area contributed by atoms with Crippen LogP contribution in [0.2, 0.25) is 0 Å². The zero-order chi connectivity index (χ0) is 23.4. The number of hydrogen-bond acceptors (Lipinski definition) is 6. The quantitative estimate of drug-likeness (QED) is 0.332. The molecule has 0 aliphatic rings. The van der Waals surface area contributed by atoms with Crippen LogP contribution >= 0.6 is 12.2 Å². The Hall–Kier alpha value is -4.17. The van der Waals surface area contributed by atoms with Crippen LogP contribution in [-0.4, -0.2) is 25.2 Å². The fraction of sp³-hybridized carbons (Fsp3) is 0.0800. The van der Waals surface area contributed by atoms with Crippen molar-refractivity contribution >= 4 is 39.9 Å². The number of rotatable bonds is 5. The maximum absolute atomic E-state index is 12.6. The van der Waals surface area contributed by atoms with Crippen LogP contribution in [-0.2, 0) is 0 Å². The highest BCUT2D eigenvalue weighted by molar-refractivity contribution is 7.80. The number of benzene rings is 3. The van der Waals surface area contributed by atoms with Crippen molar-refractivity contribution in [2.45, 2.75) is 0 Å². The minimum Gasteiger partial charge on any atom is -0.497 e. The number of anilines is 1. The lowest BCUT2D eigenvalue weighted by Crippen LogP contribution is -2.34. The van der Waals surface area contributed by atoms with E-state index in [2.05, 4.69) is 10.6 Å². The smallest absolute Gasteiger partial charge is 0.344 e. The third kappa shape index (κ3) is 4.86. The van der Waals surface area contributed by atoms with Gasteiger partial charge in [0.05, 0.1) is 25.3 Å². The first-order valence-electron chi connectivity index (χ1n) is 9.96. The summed E-state index contributed by atoms with van der Waals surface area (Å²) in [6, 6.07) is 21.1. The van der Waals surface area contributed by atoms with Gasteiger partial charge in [-0.15, -0.1) is 0 Å². The number of methoxy groups -OCH3 is 2. The summed E-state index contributed by atoms with van der Waals surface area (Å²) in [6.07, 6.45) is 0. The molecule has 0 unspecified atom stereocenters. The number of para-hydroxylation sites is 1. The van der Waals surface area contributed by atoms with Gasteiger partial charge in [-0.2, -0.15) is 0 Å². The molecule has 2 N–H and O–H groups in total. The highest BCUT2D eigenvalue weighted by Crippen LogP contribution is 2.25. The van der Waals surface area contributed by atoms with Crippen molar-refractivity contribution in [3.8, 4) is 22.6 Å². The van der Waals surface area contributed by atoms with E-state index in [1.165, 1.54) is 14.2 Å². The highest BCUT2D eigenvalue weighted by Gasteiger charge is 2.15. The van der Waals surface area contributed by atoms with Gasteiger partial charge >= 0.3 is 5.63 Å². The summed E-state index contributed by atoms with van der Waals surface area (Å²) in [5.41, 5.74) is 2.27. The Morgan fingerprint density at radius 1 is 0.939 bits per heavy atom. The average Bonchev–Trinajstić information content (AvgIpc) is 2.83. The van der Waals surface area contributed by atoms with Crippen LogP contribution in [0.3, 0.4) is 0 Å². The van der Waals surface area contributed by atoms with E-state index >= 15 is 0 Å². The molecule has 8 heteroatoms. The van der Waals surface area contributed by atoms with Crippen molar-refractivity contribution in [2.75, 3.05) is 19.5 Å². The van der Waals surface area contributed by atoms with Crippen molar-refractivity contribution in [2.24, 2.45) is 0 Å². The molecule has 166 valence electrons. The lowest BCUT2D eigenvalue weighted by atomic mass is 10.1. The van der Waals surface area contributed by atoms with Crippen molar-refractivity contribution < 1.29 is 18.7 Å². The Kier molecular flexibility index (Phi) is 6.37. The molecule has 4 aromatic rings. The number of carbonyl (C=O) groups is 1. The fourth-order valence-electron chi connectivity index (χ4n) is 3.32. The van der Waals surface area contributed by atoms with E-state index in [1.807, 2.05) is 18.2 Å². The van der Waals surface area contributed by atoms with E-state index < -0.39 is 11.5 Å². The van der Waals surface area contributed by atoms with Crippen LogP contribution < -0.4 is 25.7 Å². The van der Waals surface area contributed by atoms with Gasteiger partial charge in [-0.3, -0.25) is 10.1 Å². The van der Waals surface area contributed by atoms with E-state index in [-0.39, 0.29) is 5.11 Å². The number of nitrogens with one attached hydrogen (secondary N) is 2. The Balaban J connectivity index is 1.46. The van der Waals surface area contributed by atoms with Crippen LogP contribution in [0.15, 0.2) is 82.0 Å². The van der Waals surface area contributed by atoms with Crippen molar-refractivity contribution in [3.63, 3.8) is 0 Å². The molecule has 0 spiro atoms. The molecule has 0 saturated heterocycles. The molecule has 4 rings (SSSR count). The molecular formula is C25H20N2O5S. The molecule has 1 heterocycles. The molecule has 0 saturated carbocycles. The van der Waals surface area contributed by atoms with Crippen LogP contribution in [0.25, 0.3) is 22.1 Å². The first kappa shape index (κ1) is 22.0. The van der Waals surface area contributed by atoms with E-state index in [9.17, 15) is 9.59 Å². The predicted octanol–water partition coefficient (Wildman–Crippen LogP) is 4.60. The number of amides is 1.